The van der Waals surface area contributed by atoms with Gasteiger partial charge >= 0.3 is 6.18 Å². The van der Waals surface area contributed by atoms with Crippen LogP contribution in [0, 0.1) is 0 Å². The van der Waals surface area contributed by atoms with Crippen molar-refractivity contribution >= 4 is 34.7 Å². The van der Waals surface area contributed by atoms with Gasteiger partial charge in [-0.15, -0.1) is 0 Å². The van der Waals surface area contributed by atoms with Gasteiger partial charge in [-0.25, -0.2) is 4.98 Å². The second-order valence-electron chi connectivity index (χ2n) is 5.07. The van der Waals surface area contributed by atoms with Crippen LogP contribution in [0.3, 0.4) is 0 Å². The first kappa shape index (κ1) is 17.0. The van der Waals surface area contributed by atoms with E-state index in [0.717, 1.165) is 12.1 Å². The second-order valence-corrected chi connectivity index (χ2v) is 5.48. The SMILES string of the molecule is FC(F)(F)c1ccc(Nc2nccc(Nc3ccccc3Cl)n2)cc1. The molecular formula is C17H12ClF3N4. The summed E-state index contributed by atoms with van der Waals surface area (Å²) in [6.45, 7) is 0. The highest BCUT2D eigenvalue weighted by Gasteiger charge is 2.29. The number of hydrogen-bond acceptors (Lipinski definition) is 4. The monoisotopic (exact) mass is 364 g/mol. The quantitative estimate of drug-likeness (QED) is 0.629. The van der Waals surface area contributed by atoms with E-state index in [1.807, 2.05) is 12.1 Å². The number of alkyl halides is 3. The zero-order valence-electron chi connectivity index (χ0n) is 12.7. The lowest BCUT2D eigenvalue weighted by Gasteiger charge is -2.10. The van der Waals surface area contributed by atoms with Crippen LogP contribution < -0.4 is 10.6 Å². The van der Waals surface area contributed by atoms with Crippen LogP contribution in [0.1, 0.15) is 5.56 Å². The van der Waals surface area contributed by atoms with Crippen LogP contribution in [0.15, 0.2) is 60.8 Å². The van der Waals surface area contributed by atoms with E-state index in [0.29, 0.717) is 22.2 Å². The molecular weight excluding hydrogens is 353 g/mol. The lowest BCUT2D eigenvalue weighted by Crippen LogP contribution is -2.05. The van der Waals surface area contributed by atoms with Gasteiger partial charge in [-0.1, -0.05) is 23.7 Å². The predicted molar refractivity (Wildman–Crippen MR) is 91.5 cm³/mol. The van der Waals surface area contributed by atoms with Crippen molar-refractivity contribution in [3.05, 3.63) is 71.4 Å². The largest absolute Gasteiger partial charge is 0.416 e. The highest BCUT2D eigenvalue weighted by atomic mass is 35.5. The Hall–Kier alpha value is -2.80. The molecule has 3 rings (SSSR count). The van der Waals surface area contributed by atoms with Crippen LogP contribution in [0.2, 0.25) is 5.02 Å². The van der Waals surface area contributed by atoms with Crippen LogP contribution in [-0.4, -0.2) is 9.97 Å². The summed E-state index contributed by atoms with van der Waals surface area (Å²) in [4.78, 5) is 8.31. The molecule has 0 spiro atoms. The van der Waals surface area contributed by atoms with Gasteiger partial charge in [-0.2, -0.15) is 18.2 Å². The minimum atomic E-state index is -4.37. The molecule has 0 saturated heterocycles. The minimum Gasteiger partial charge on any atom is -0.339 e. The Morgan fingerprint density at radius 3 is 2.28 bits per heavy atom. The Labute approximate surface area is 146 Å². The van der Waals surface area contributed by atoms with Gasteiger partial charge in [0.15, 0.2) is 0 Å². The zero-order chi connectivity index (χ0) is 17.9. The third kappa shape index (κ3) is 4.39. The summed E-state index contributed by atoms with van der Waals surface area (Å²) in [5.74, 6) is 0.745. The van der Waals surface area contributed by atoms with E-state index in [9.17, 15) is 13.2 Å². The predicted octanol–water partition coefficient (Wildman–Crippen LogP) is 5.64. The van der Waals surface area contributed by atoms with Gasteiger partial charge in [-0.3, -0.25) is 0 Å². The molecule has 128 valence electrons. The van der Waals surface area contributed by atoms with Crippen molar-refractivity contribution in [2.75, 3.05) is 10.6 Å². The van der Waals surface area contributed by atoms with Crippen LogP contribution in [0.4, 0.5) is 36.3 Å². The number of para-hydroxylation sites is 1. The first-order chi connectivity index (χ1) is 11.9. The molecule has 3 aromatic rings. The minimum absolute atomic E-state index is 0.247. The van der Waals surface area contributed by atoms with E-state index in [-0.39, 0.29) is 5.95 Å². The van der Waals surface area contributed by atoms with Crippen molar-refractivity contribution < 1.29 is 13.2 Å². The van der Waals surface area contributed by atoms with E-state index in [1.54, 1.807) is 18.2 Å². The van der Waals surface area contributed by atoms with Crippen molar-refractivity contribution in [3.8, 4) is 0 Å². The Balaban J connectivity index is 1.75. The number of hydrogen-bond donors (Lipinski definition) is 2. The van der Waals surface area contributed by atoms with Gasteiger partial charge in [0.1, 0.15) is 5.82 Å². The van der Waals surface area contributed by atoms with Crippen molar-refractivity contribution in [1.82, 2.24) is 9.97 Å². The number of benzene rings is 2. The van der Waals surface area contributed by atoms with E-state index < -0.39 is 11.7 Å². The summed E-state index contributed by atoms with van der Waals surface area (Å²) in [6.07, 6.45) is -2.84. The molecule has 0 atom stereocenters. The van der Waals surface area contributed by atoms with Gasteiger partial charge in [0, 0.05) is 11.9 Å². The first-order valence-corrected chi connectivity index (χ1v) is 7.58. The Bertz CT molecular complexity index is 866. The molecule has 2 aromatic carbocycles. The van der Waals surface area contributed by atoms with E-state index in [1.165, 1.54) is 18.3 Å². The standard InChI is InChI=1S/C17H12ClF3N4/c18-13-3-1-2-4-14(13)24-15-9-10-22-16(25-15)23-12-7-5-11(6-8-12)17(19,20)21/h1-10H,(H2,22,23,24,25). The molecule has 0 bridgehead atoms. The number of halogens is 4. The number of nitrogens with one attached hydrogen (secondary N) is 2. The maximum atomic E-state index is 12.6. The molecule has 2 N–H and O–H groups in total. The molecule has 1 heterocycles. The molecule has 0 unspecified atom stereocenters. The van der Waals surface area contributed by atoms with Crippen molar-refractivity contribution in [3.63, 3.8) is 0 Å². The van der Waals surface area contributed by atoms with Crippen LogP contribution >= 0.6 is 11.6 Å². The second kappa shape index (κ2) is 6.98. The Morgan fingerprint density at radius 2 is 1.60 bits per heavy atom. The van der Waals surface area contributed by atoms with E-state index in [4.69, 9.17) is 11.6 Å². The third-order valence-corrected chi connectivity index (χ3v) is 3.59. The van der Waals surface area contributed by atoms with E-state index >= 15 is 0 Å². The fraction of sp³-hybridized carbons (Fsp3) is 0.0588. The third-order valence-electron chi connectivity index (χ3n) is 3.26. The fourth-order valence-electron chi connectivity index (χ4n) is 2.06. The number of nitrogens with zero attached hydrogens (tertiary/aromatic N) is 2. The van der Waals surface area contributed by atoms with Gasteiger partial charge < -0.3 is 10.6 Å². The summed E-state index contributed by atoms with van der Waals surface area (Å²) in [5.41, 5.74) is 0.416. The zero-order valence-corrected chi connectivity index (χ0v) is 13.4. The van der Waals surface area contributed by atoms with Crippen molar-refractivity contribution in [1.29, 1.82) is 0 Å². The van der Waals surface area contributed by atoms with Gasteiger partial charge in [0.05, 0.1) is 16.3 Å². The molecule has 25 heavy (non-hydrogen) atoms. The maximum Gasteiger partial charge on any atom is 0.416 e. The summed E-state index contributed by atoms with van der Waals surface area (Å²) in [5, 5.41) is 6.46. The summed E-state index contributed by atoms with van der Waals surface area (Å²) in [6, 6.07) is 13.5. The van der Waals surface area contributed by atoms with Crippen LogP contribution in [0.5, 0.6) is 0 Å². The maximum absolute atomic E-state index is 12.6. The number of aromatic nitrogens is 2. The molecule has 4 nitrogen and oxygen atoms in total. The molecule has 0 aliphatic rings. The molecule has 1 aromatic heterocycles. The van der Waals surface area contributed by atoms with Gasteiger partial charge in [0.2, 0.25) is 5.95 Å². The summed E-state index contributed by atoms with van der Waals surface area (Å²) < 4.78 is 37.7. The van der Waals surface area contributed by atoms with Crippen molar-refractivity contribution in [2.24, 2.45) is 0 Å². The Morgan fingerprint density at radius 1 is 0.880 bits per heavy atom. The fourth-order valence-corrected chi connectivity index (χ4v) is 2.24. The molecule has 0 fully saturated rings. The topological polar surface area (TPSA) is 49.8 Å². The highest BCUT2D eigenvalue weighted by Crippen LogP contribution is 2.30. The van der Waals surface area contributed by atoms with Crippen LogP contribution in [0.25, 0.3) is 0 Å². The van der Waals surface area contributed by atoms with Crippen molar-refractivity contribution in [2.45, 2.75) is 6.18 Å². The molecule has 0 aliphatic heterocycles. The number of anilines is 4. The van der Waals surface area contributed by atoms with Crippen LogP contribution in [-0.2, 0) is 6.18 Å². The normalized spacial score (nSPS) is 11.2. The molecule has 0 amide bonds. The average molecular weight is 365 g/mol. The highest BCUT2D eigenvalue weighted by molar-refractivity contribution is 6.33. The Kier molecular flexibility index (Phi) is 4.76. The lowest BCUT2D eigenvalue weighted by atomic mass is 10.2. The molecule has 0 aliphatic carbocycles. The van der Waals surface area contributed by atoms with E-state index in [2.05, 4.69) is 20.6 Å². The number of rotatable bonds is 4. The molecule has 0 radical (unpaired) electrons. The summed E-state index contributed by atoms with van der Waals surface area (Å²) in [7, 11) is 0. The smallest absolute Gasteiger partial charge is 0.339 e. The van der Waals surface area contributed by atoms with Gasteiger partial charge in [0.25, 0.3) is 0 Å². The first-order valence-electron chi connectivity index (χ1n) is 7.21. The molecule has 8 heteroatoms. The summed E-state index contributed by atoms with van der Waals surface area (Å²) >= 11 is 6.08. The average Bonchev–Trinajstić information content (AvgIpc) is 2.57. The lowest BCUT2D eigenvalue weighted by molar-refractivity contribution is -0.137. The van der Waals surface area contributed by atoms with Gasteiger partial charge in [-0.05, 0) is 42.5 Å². The molecule has 0 saturated carbocycles.